The monoisotopic (exact) mass is 294 g/mol. The Bertz CT molecular complexity index is 573. The minimum atomic E-state index is -4.02. The van der Waals surface area contributed by atoms with Crippen molar-refractivity contribution in [2.45, 2.75) is 29.9 Å². The lowest BCUT2D eigenvalue weighted by atomic mass is 9.91. The summed E-state index contributed by atoms with van der Waals surface area (Å²) in [6, 6.07) is 1.76. The number of aliphatic hydroxyl groups excluding tert-OH is 1. The van der Waals surface area contributed by atoms with Crippen LogP contribution in [0, 0.1) is 5.82 Å². The van der Waals surface area contributed by atoms with Crippen LogP contribution in [-0.2, 0) is 10.0 Å². The van der Waals surface area contributed by atoms with Gasteiger partial charge in [0.1, 0.15) is 4.90 Å². The Kier molecular flexibility index (Phi) is 3.50. The number of anilines is 1. The van der Waals surface area contributed by atoms with Gasteiger partial charge in [0.2, 0.25) is 10.0 Å². The Morgan fingerprint density at radius 1 is 1.44 bits per heavy atom. The van der Waals surface area contributed by atoms with E-state index in [1.165, 1.54) is 0 Å². The van der Waals surface area contributed by atoms with Crippen LogP contribution in [-0.4, -0.2) is 25.7 Å². The molecule has 0 bridgehead atoms. The molecule has 1 aliphatic carbocycles. The smallest absolute Gasteiger partial charge is 0.243 e. The van der Waals surface area contributed by atoms with E-state index < -0.39 is 26.8 Å². The molecule has 0 aromatic heterocycles. The van der Waals surface area contributed by atoms with E-state index in [0.717, 1.165) is 12.1 Å². The quantitative estimate of drug-likeness (QED) is 0.721. The molecular formula is C10H12ClFN2O3S. The first-order valence-electron chi connectivity index (χ1n) is 5.24. The fourth-order valence-corrected chi connectivity index (χ4v) is 3.43. The van der Waals surface area contributed by atoms with Crippen molar-refractivity contribution in [1.29, 1.82) is 0 Å². The molecule has 1 aliphatic rings. The maximum absolute atomic E-state index is 13.7. The molecule has 0 aliphatic heterocycles. The first-order chi connectivity index (χ1) is 8.29. The number of nitrogens with one attached hydrogen (secondary N) is 1. The zero-order chi connectivity index (χ0) is 13.5. The van der Waals surface area contributed by atoms with Crippen LogP contribution in [0.3, 0.4) is 0 Å². The van der Waals surface area contributed by atoms with Crippen molar-refractivity contribution < 1.29 is 17.9 Å². The highest BCUT2D eigenvalue weighted by atomic mass is 35.5. The molecule has 100 valence electrons. The van der Waals surface area contributed by atoms with Gasteiger partial charge in [-0.2, -0.15) is 0 Å². The Hall–Kier alpha value is -0.890. The van der Waals surface area contributed by atoms with Gasteiger partial charge in [0, 0.05) is 11.1 Å². The topological polar surface area (TPSA) is 92.4 Å². The average molecular weight is 295 g/mol. The molecule has 2 rings (SSSR count). The van der Waals surface area contributed by atoms with Crippen molar-refractivity contribution in [3.8, 4) is 0 Å². The molecule has 0 atom stereocenters. The van der Waals surface area contributed by atoms with Gasteiger partial charge in [-0.25, -0.2) is 17.5 Å². The fraction of sp³-hybridized carbons (Fsp3) is 0.400. The molecule has 0 unspecified atom stereocenters. The summed E-state index contributed by atoms with van der Waals surface area (Å²) in [5.74, 6) is -1.02. The third kappa shape index (κ3) is 2.59. The van der Waals surface area contributed by atoms with E-state index in [1.54, 1.807) is 0 Å². The molecule has 4 N–H and O–H groups in total. The van der Waals surface area contributed by atoms with E-state index in [4.69, 9.17) is 22.4 Å². The summed E-state index contributed by atoms with van der Waals surface area (Å²) < 4.78 is 39.8. The van der Waals surface area contributed by atoms with Crippen LogP contribution >= 0.6 is 11.6 Å². The van der Waals surface area contributed by atoms with Gasteiger partial charge in [-0.3, -0.25) is 0 Å². The SMILES string of the molecule is Nc1cc(Cl)cc(S(=O)(=O)NC2CC(O)C2)c1F. The van der Waals surface area contributed by atoms with Gasteiger partial charge in [0.25, 0.3) is 0 Å². The van der Waals surface area contributed by atoms with Crippen molar-refractivity contribution in [3.63, 3.8) is 0 Å². The van der Waals surface area contributed by atoms with Gasteiger partial charge in [-0.05, 0) is 25.0 Å². The lowest BCUT2D eigenvalue weighted by molar-refractivity contribution is 0.0712. The summed E-state index contributed by atoms with van der Waals surface area (Å²) in [6.45, 7) is 0. The molecule has 1 aromatic rings. The van der Waals surface area contributed by atoms with Crippen LogP contribution in [0.1, 0.15) is 12.8 Å². The maximum Gasteiger partial charge on any atom is 0.243 e. The Balaban J connectivity index is 2.29. The summed E-state index contributed by atoms with van der Waals surface area (Å²) in [4.78, 5) is -0.575. The molecule has 0 heterocycles. The number of sulfonamides is 1. The molecule has 8 heteroatoms. The standard InChI is InChI=1S/C10H12ClFN2O3S/c11-5-1-8(13)10(12)9(2-5)18(16,17)14-6-3-7(15)4-6/h1-2,6-7,14-15H,3-4,13H2. The molecule has 1 fully saturated rings. The van der Waals surface area contributed by atoms with Crippen LogP contribution in [0.5, 0.6) is 0 Å². The Morgan fingerprint density at radius 3 is 2.61 bits per heavy atom. The molecule has 1 saturated carbocycles. The summed E-state index contributed by atoms with van der Waals surface area (Å²) in [5.41, 5.74) is 5.00. The molecule has 5 nitrogen and oxygen atoms in total. The van der Waals surface area contributed by atoms with E-state index >= 15 is 0 Å². The second-order valence-corrected chi connectivity index (χ2v) is 6.37. The van der Waals surface area contributed by atoms with Crippen LogP contribution < -0.4 is 10.5 Å². The lowest BCUT2D eigenvalue weighted by Crippen LogP contribution is -2.46. The highest BCUT2D eigenvalue weighted by Gasteiger charge is 2.32. The van der Waals surface area contributed by atoms with Gasteiger partial charge in [-0.15, -0.1) is 0 Å². The van der Waals surface area contributed by atoms with E-state index in [-0.39, 0.29) is 16.8 Å². The molecule has 0 radical (unpaired) electrons. The van der Waals surface area contributed by atoms with E-state index in [2.05, 4.69) is 4.72 Å². The Labute approximate surface area is 109 Å². The van der Waals surface area contributed by atoms with Crippen molar-refractivity contribution in [1.82, 2.24) is 4.72 Å². The first kappa shape index (κ1) is 13.5. The predicted octanol–water partition coefficient (Wildman–Crippen LogP) is 0.863. The summed E-state index contributed by atoms with van der Waals surface area (Å²) >= 11 is 5.66. The van der Waals surface area contributed by atoms with Gasteiger partial charge in [0.15, 0.2) is 5.82 Å². The summed E-state index contributed by atoms with van der Waals surface area (Å²) in [6.07, 6.45) is 0.125. The minimum absolute atomic E-state index is 0.0444. The summed E-state index contributed by atoms with van der Waals surface area (Å²) in [7, 11) is -4.02. The van der Waals surface area contributed by atoms with Crippen molar-refractivity contribution in [2.24, 2.45) is 0 Å². The number of benzene rings is 1. The number of aliphatic hydroxyl groups is 1. The minimum Gasteiger partial charge on any atom is -0.396 e. The van der Waals surface area contributed by atoms with Crippen molar-refractivity contribution in [2.75, 3.05) is 5.73 Å². The third-order valence-corrected chi connectivity index (χ3v) is 4.49. The number of hydrogen-bond donors (Lipinski definition) is 3. The second-order valence-electron chi connectivity index (χ2n) is 4.25. The molecule has 0 spiro atoms. The molecular weight excluding hydrogens is 283 g/mol. The van der Waals surface area contributed by atoms with Gasteiger partial charge in [-0.1, -0.05) is 11.6 Å². The van der Waals surface area contributed by atoms with Crippen LogP contribution in [0.4, 0.5) is 10.1 Å². The first-order valence-corrected chi connectivity index (χ1v) is 7.10. The highest BCUT2D eigenvalue weighted by Crippen LogP contribution is 2.27. The van der Waals surface area contributed by atoms with E-state index in [0.29, 0.717) is 12.8 Å². The lowest BCUT2D eigenvalue weighted by Gasteiger charge is -2.31. The van der Waals surface area contributed by atoms with E-state index in [9.17, 15) is 12.8 Å². The predicted molar refractivity (Wildman–Crippen MR) is 65.2 cm³/mol. The third-order valence-electron chi connectivity index (χ3n) is 2.76. The highest BCUT2D eigenvalue weighted by molar-refractivity contribution is 7.89. The molecule has 0 saturated heterocycles. The van der Waals surface area contributed by atoms with Gasteiger partial charge < -0.3 is 10.8 Å². The molecule has 1 aromatic carbocycles. The van der Waals surface area contributed by atoms with Crippen molar-refractivity contribution >= 4 is 27.3 Å². The molecule has 0 amide bonds. The fourth-order valence-electron chi connectivity index (χ4n) is 1.75. The largest absolute Gasteiger partial charge is 0.396 e. The number of rotatable bonds is 3. The van der Waals surface area contributed by atoms with Crippen LogP contribution in [0.2, 0.25) is 5.02 Å². The average Bonchev–Trinajstić information content (AvgIpc) is 2.20. The second kappa shape index (κ2) is 4.65. The zero-order valence-electron chi connectivity index (χ0n) is 9.23. The molecule has 18 heavy (non-hydrogen) atoms. The van der Waals surface area contributed by atoms with Crippen molar-refractivity contribution in [3.05, 3.63) is 23.0 Å². The Morgan fingerprint density at radius 2 is 2.06 bits per heavy atom. The number of halogens is 2. The maximum atomic E-state index is 13.7. The van der Waals surface area contributed by atoms with E-state index in [1.807, 2.05) is 0 Å². The van der Waals surface area contributed by atoms with Gasteiger partial charge in [0.05, 0.1) is 11.8 Å². The summed E-state index contributed by atoms with van der Waals surface area (Å²) in [5, 5.41) is 9.12. The van der Waals surface area contributed by atoms with Crippen LogP contribution in [0.15, 0.2) is 17.0 Å². The number of nitrogen functional groups attached to an aromatic ring is 1. The number of nitrogens with two attached hydrogens (primary N) is 1. The normalized spacial score (nSPS) is 23.7. The zero-order valence-corrected chi connectivity index (χ0v) is 10.8. The van der Waals surface area contributed by atoms with Gasteiger partial charge >= 0.3 is 0 Å². The van der Waals surface area contributed by atoms with Crippen LogP contribution in [0.25, 0.3) is 0 Å². The number of hydrogen-bond acceptors (Lipinski definition) is 4.